The van der Waals surface area contributed by atoms with E-state index in [1.807, 2.05) is 0 Å². The molecule has 0 heterocycles. The number of anilines is 1. The summed E-state index contributed by atoms with van der Waals surface area (Å²) in [4.78, 5) is 11.1. The lowest BCUT2D eigenvalue weighted by Crippen LogP contribution is -2.12. The van der Waals surface area contributed by atoms with Crippen molar-refractivity contribution >= 4 is 34.8 Å². The predicted molar refractivity (Wildman–Crippen MR) is 78.7 cm³/mol. The fraction of sp³-hybridized carbons (Fsp3) is 0.0714. The minimum Gasteiger partial charge on any atom is -0.379 e. The molecule has 0 aliphatic heterocycles. The SMILES string of the molecule is NC(=O)c1ccc(F)c(NCc2cccc(Cl)c2Cl)c1. The van der Waals surface area contributed by atoms with Gasteiger partial charge >= 0.3 is 0 Å². The van der Waals surface area contributed by atoms with Crippen molar-refractivity contribution in [2.75, 3.05) is 5.32 Å². The summed E-state index contributed by atoms with van der Waals surface area (Å²) in [5, 5.41) is 3.71. The molecule has 0 radical (unpaired) electrons. The van der Waals surface area contributed by atoms with Crippen molar-refractivity contribution in [2.45, 2.75) is 6.54 Å². The zero-order valence-corrected chi connectivity index (χ0v) is 11.8. The van der Waals surface area contributed by atoms with Crippen LogP contribution in [0.25, 0.3) is 0 Å². The van der Waals surface area contributed by atoms with Gasteiger partial charge in [0.25, 0.3) is 0 Å². The molecule has 0 bridgehead atoms. The van der Waals surface area contributed by atoms with Crippen LogP contribution in [0.5, 0.6) is 0 Å². The first-order valence-corrected chi connectivity index (χ1v) is 6.50. The van der Waals surface area contributed by atoms with E-state index in [1.54, 1.807) is 18.2 Å². The van der Waals surface area contributed by atoms with Gasteiger partial charge in [0, 0.05) is 12.1 Å². The molecule has 0 atom stereocenters. The first-order chi connectivity index (χ1) is 9.49. The number of amides is 1. The van der Waals surface area contributed by atoms with Gasteiger partial charge in [-0.15, -0.1) is 0 Å². The second-order valence-electron chi connectivity index (χ2n) is 4.13. The van der Waals surface area contributed by atoms with Gasteiger partial charge in [-0.2, -0.15) is 0 Å². The molecule has 0 aromatic heterocycles. The second kappa shape index (κ2) is 6.11. The maximum Gasteiger partial charge on any atom is 0.248 e. The van der Waals surface area contributed by atoms with Gasteiger partial charge in [0.15, 0.2) is 0 Å². The Morgan fingerprint density at radius 1 is 1.25 bits per heavy atom. The first kappa shape index (κ1) is 14.6. The van der Waals surface area contributed by atoms with E-state index in [0.717, 1.165) is 5.56 Å². The molecule has 3 nitrogen and oxygen atoms in total. The highest BCUT2D eigenvalue weighted by Crippen LogP contribution is 2.26. The molecule has 3 N–H and O–H groups in total. The lowest BCUT2D eigenvalue weighted by atomic mass is 10.1. The number of carbonyl (C=O) groups excluding carboxylic acids is 1. The number of carbonyl (C=O) groups is 1. The van der Waals surface area contributed by atoms with Crippen molar-refractivity contribution in [3.8, 4) is 0 Å². The van der Waals surface area contributed by atoms with E-state index < -0.39 is 11.7 Å². The highest BCUT2D eigenvalue weighted by molar-refractivity contribution is 6.42. The number of nitrogens with two attached hydrogens (primary N) is 1. The van der Waals surface area contributed by atoms with E-state index in [4.69, 9.17) is 28.9 Å². The number of rotatable bonds is 4. The van der Waals surface area contributed by atoms with Gasteiger partial charge in [-0.25, -0.2) is 4.39 Å². The summed E-state index contributed by atoms with van der Waals surface area (Å²) < 4.78 is 13.6. The summed E-state index contributed by atoms with van der Waals surface area (Å²) >= 11 is 11.9. The van der Waals surface area contributed by atoms with E-state index in [2.05, 4.69) is 5.32 Å². The molecule has 1 amide bonds. The molecule has 0 aliphatic rings. The van der Waals surface area contributed by atoms with Crippen LogP contribution in [0.1, 0.15) is 15.9 Å². The molecular weight excluding hydrogens is 302 g/mol. The van der Waals surface area contributed by atoms with Gasteiger partial charge in [-0.1, -0.05) is 35.3 Å². The Morgan fingerprint density at radius 3 is 2.70 bits per heavy atom. The minimum absolute atomic E-state index is 0.178. The van der Waals surface area contributed by atoms with Crippen LogP contribution in [-0.4, -0.2) is 5.91 Å². The fourth-order valence-electron chi connectivity index (χ4n) is 1.69. The zero-order chi connectivity index (χ0) is 14.7. The van der Waals surface area contributed by atoms with Gasteiger partial charge in [0.05, 0.1) is 15.7 Å². The third-order valence-corrected chi connectivity index (χ3v) is 3.61. The molecule has 2 aromatic rings. The first-order valence-electron chi connectivity index (χ1n) is 5.75. The maximum absolute atomic E-state index is 13.6. The molecule has 6 heteroatoms. The molecule has 0 unspecified atom stereocenters. The van der Waals surface area contributed by atoms with Crippen LogP contribution in [0.2, 0.25) is 10.0 Å². The van der Waals surface area contributed by atoms with E-state index in [9.17, 15) is 9.18 Å². The van der Waals surface area contributed by atoms with Gasteiger partial charge in [0.1, 0.15) is 5.82 Å². The molecule has 20 heavy (non-hydrogen) atoms. The Kier molecular flexibility index (Phi) is 4.47. The van der Waals surface area contributed by atoms with Crippen LogP contribution in [0.4, 0.5) is 10.1 Å². The number of primary amides is 1. The Labute approximate surface area is 125 Å². The van der Waals surface area contributed by atoms with Crippen molar-refractivity contribution < 1.29 is 9.18 Å². The number of halogens is 3. The van der Waals surface area contributed by atoms with Crippen LogP contribution in [-0.2, 0) is 6.54 Å². The van der Waals surface area contributed by atoms with Crippen molar-refractivity contribution in [1.82, 2.24) is 0 Å². The van der Waals surface area contributed by atoms with Crippen molar-refractivity contribution in [2.24, 2.45) is 5.73 Å². The molecule has 0 spiro atoms. The third kappa shape index (κ3) is 3.21. The monoisotopic (exact) mass is 312 g/mol. The van der Waals surface area contributed by atoms with Crippen LogP contribution in [0.15, 0.2) is 36.4 Å². The van der Waals surface area contributed by atoms with E-state index in [1.165, 1.54) is 18.2 Å². The smallest absolute Gasteiger partial charge is 0.248 e. The minimum atomic E-state index is -0.617. The van der Waals surface area contributed by atoms with E-state index >= 15 is 0 Å². The van der Waals surface area contributed by atoms with Crippen LogP contribution >= 0.6 is 23.2 Å². The summed E-state index contributed by atoms with van der Waals surface area (Å²) in [5.74, 6) is -1.10. The second-order valence-corrected chi connectivity index (χ2v) is 4.91. The lowest BCUT2D eigenvalue weighted by molar-refractivity contribution is 0.100. The van der Waals surface area contributed by atoms with Crippen LogP contribution < -0.4 is 11.1 Å². The quantitative estimate of drug-likeness (QED) is 0.901. The summed E-state index contributed by atoms with van der Waals surface area (Å²) in [5.41, 5.74) is 6.29. The molecule has 104 valence electrons. The van der Waals surface area contributed by atoms with E-state index in [-0.39, 0.29) is 17.8 Å². The standard InChI is InChI=1S/C14H11Cl2FN2O/c15-10-3-1-2-9(13(10)16)7-19-12-6-8(14(18)20)4-5-11(12)17/h1-6,19H,7H2,(H2,18,20). The Balaban J connectivity index is 2.20. The average molecular weight is 313 g/mol. The highest BCUT2D eigenvalue weighted by Gasteiger charge is 2.09. The number of hydrogen-bond acceptors (Lipinski definition) is 2. The lowest BCUT2D eigenvalue weighted by Gasteiger charge is -2.10. The Bertz CT molecular complexity index is 662. The van der Waals surface area contributed by atoms with Gasteiger partial charge in [-0.05, 0) is 29.8 Å². The number of nitrogens with one attached hydrogen (secondary N) is 1. The van der Waals surface area contributed by atoms with Crippen molar-refractivity contribution in [3.05, 3.63) is 63.4 Å². The summed E-state index contributed by atoms with van der Waals surface area (Å²) in [6, 6.07) is 9.06. The molecule has 0 aliphatic carbocycles. The van der Waals surface area contributed by atoms with Crippen molar-refractivity contribution in [1.29, 1.82) is 0 Å². The van der Waals surface area contributed by atoms with Gasteiger partial charge < -0.3 is 11.1 Å². The van der Waals surface area contributed by atoms with Gasteiger partial charge in [-0.3, -0.25) is 4.79 Å². The predicted octanol–water partition coefficient (Wildman–Crippen LogP) is 3.84. The van der Waals surface area contributed by atoms with Crippen LogP contribution in [0.3, 0.4) is 0 Å². The highest BCUT2D eigenvalue weighted by atomic mass is 35.5. The Morgan fingerprint density at radius 2 is 2.00 bits per heavy atom. The van der Waals surface area contributed by atoms with E-state index in [0.29, 0.717) is 10.0 Å². The van der Waals surface area contributed by atoms with Crippen molar-refractivity contribution in [3.63, 3.8) is 0 Å². The third-order valence-electron chi connectivity index (χ3n) is 2.75. The Hall–Kier alpha value is -1.78. The number of hydrogen-bond donors (Lipinski definition) is 2. The van der Waals surface area contributed by atoms with Gasteiger partial charge in [0.2, 0.25) is 5.91 Å². The number of benzene rings is 2. The molecule has 2 aromatic carbocycles. The summed E-state index contributed by atoms with van der Waals surface area (Å²) in [6.45, 7) is 0.276. The van der Waals surface area contributed by atoms with Crippen LogP contribution in [0, 0.1) is 5.82 Å². The molecule has 0 saturated carbocycles. The normalized spacial score (nSPS) is 10.3. The zero-order valence-electron chi connectivity index (χ0n) is 10.3. The average Bonchev–Trinajstić information content (AvgIpc) is 2.41. The topological polar surface area (TPSA) is 55.1 Å². The fourth-order valence-corrected chi connectivity index (χ4v) is 2.08. The largest absolute Gasteiger partial charge is 0.379 e. The molecule has 2 rings (SSSR count). The summed E-state index contributed by atoms with van der Waals surface area (Å²) in [7, 11) is 0. The molecule has 0 fully saturated rings. The molecule has 0 saturated heterocycles. The molecular formula is C14H11Cl2FN2O. The maximum atomic E-state index is 13.6. The summed E-state index contributed by atoms with van der Waals surface area (Å²) in [6.07, 6.45) is 0.